The van der Waals surface area contributed by atoms with E-state index >= 15 is 0 Å². The van der Waals surface area contributed by atoms with E-state index in [-0.39, 0.29) is 11.2 Å². The number of ether oxygens (including phenoxy) is 1. The van der Waals surface area contributed by atoms with Gasteiger partial charge < -0.3 is 9.64 Å². The zero-order valence-electron chi connectivity index (χ0n) is 10.1. The zero-order chi connectivity index (χ0) is 12.0. The molecule has 0 aliphatic carbocycles. The minimum absolute atomic E-state index is 0.153. The van der Waals surface area contributed by atoms with Crippen LogP contribution in [-0.2, 0) is 4.74 Å². The number of nitrogens with zero attached hydrogens (tertiary/aromatic N) is 2. The lowest BCUT2D eigenvalue weighted by Gasteiger charge is -2.47. The Kier molecular flexibility index (Phi) is 2.93. The van der Waals surface area contributed by atoms with E-state index in [9.17, 15) is 0 Å². The van der Waals surface area contributed by atoms with Crippen molar-refractivity contribution in [1.82, 2.24) is 4.98 Å². The molecule has 90 valence electrons. The molecule has 3 nitrogen and oxygen atoms in total. The first kappa shape index (κ1) is 12.1. The Balaban J connectivity index is 2.22. The molecule has 1 aliphatic rings. The van der Waals surface area contributed by atoms with Crippen LogP contribution in [0, 0.1) is 0 Å². The topological polar surface area (TPSA) is 25.4 Å². The molecule has 0 atom stereocenters. The summed E-state index contributed by atoms with van der Waals surface area (Å²) in [6.45, 7) is 10.1. The van der Waals surface area contributed by atoms with Gasteiger partial charge >= 0.3 is 0 Å². The Morgan fingerprint density at radius 3 is 2.31 bits per heavy atom. The number of anilines is 1. The lowest BCUT2D eigenvalue weighted by atomic mass is 9.99. The Morgan fingerprint density at radius 2 is 1.88 bits per heavy atom. The molecule has 1 saturated heterocycles. The first-order valence-electron chi connectivity index (χ1n) is 5.34. The second-order valence-corrected chi connectivity index (χ2v) is 6.65. The SMILES string of the molecule is CC1(C)CN(c2nc(Cl)cs2)CC(C)(C)O1. The van der Waals surface area contributed by atoms with E-state index in [4.69, 9.17) is 16.3 Å². The molecule has 0 saturated carbocycles. The monoisotopic (exact) mass is 260 g/mol. The summed E-state index contributed by atoms with van der Waals surface area (Å²) in [7, 11) is 0. The first-order valence-corrected chi connectivity index (χ1v) is 6.59. The van der Waals surface area contributed by atoms with Gasteiger partial charge in [0.25, 0.3) is 0 Å². The molecule has 2 rings (SSSR count). The second-order valence-electron chi connectivity index (χ2n) is 5.43. The highest BCUT2D eigenvalue weighted by molar-refractivity contribution is 7.14. The maximum Gasteiger partial charge on any atom is 0.186 e. The highest BCUT2D eigenvalue weighted by Crippen LogP contribution is 2.33. The van der Waals surface area contributed by atoms with Gasteiger partial charge in [0.15, 0.2) is 5.13 Å². The van der Waals surface area contributed by atoms with Crippen LogP contribution in [0.15, 0.2) is 5.38 Å². The number of hydrogen-bond acceptors (Lipinski definition) is 4. The van der Waals surface area contributed by atoms with Crippen LogP contribution in [-0.4, -0.2) is 29.3 Å². The van der Waals surface area contributed by atoms with Gasteiger partial charge in [0.1, 0.15) is 5.15 Å². The molecule has 1 fully saturated rings. The van der Waals surface area contributed by atoms with Crippen molar-refractivity contribution in [2.45, 2.75) is 38.9 Å². The molecule has 2 heterocycles. The molecule has 0 radical (unpaired) electrons. The van der Waals surface area contributed by atoms with Gasteiger partial charge in [-0.2, -0.15) is 0 Å². The molecule has 5 heteroatoms. The largest absolute Gasteiger partial charge is 0.366 e. The van der Waals surface area contributed by atoms with Crippen molar-refractivity contribution in [3.63, 3.8) is 0 Å². The molecule has 0 aromatic carbocycles. The first-order chi connectivity index (χ1) is 7.27. The average Bonchev–Trinajstić information content (AvgIpc) is 2.45. The third kappa shape index (κ3) is 2.67. The van der Waals surface area contributed by atoms with Crippen LogP contribution in [0.4, 0.5) is 5.13 Å². The van der Waals surface area contributed by atoms with E-state index in [1.807, 2.05) is 5.38 Å². The fourth-order valence-corrected chi connectivity index (χ4v) is 3.26. The molecule has 0 unspecified atom stereocenters. The smallest absolute Gasteiger partial charge is 0.186 e. The molecular formula is C11H17ClN2OS. The van der Waals surface area contributed by atoms with Crippen LogP contribution in [0.5, 0.6) is 0 Å². The van der Waals surface area contributed by atoms with Crippen LogP contribution in [0.1, 0.15) is 27.7 Å². The average molecular weight is 261 g/mol. The number of rotatable bonds is 1. The van der Waals surface area contributed by atoms with E-state index in [0.717, 1.165) is 18.2 Å². The fraction of sp³-hybridized carbons (Fsp3) is 0.727. The van der Waals surface area contributed by atoms with Crippen molar-refractivity contribution in [3.8, 4) is 0 Å². The van der Waals surface area contributed by atoms with E-state index in [2.05, 4.69) is 37.6 Å². The summed E-state index contributed by atoms with van der Waals surface area (Å²) in [5.74, 6) is 0. The normalized spacial score (nSPS) is 23.4. The van der Waals surface area contributed by atoms with Crippen LogP contribution in [0.3, 0.4) is 0 Å². The van der Waals surface area contributed by atoms with Crippen LogP contribution < -0.4 is 4.90 Å². The minimum Gasteiger partial charge on any atom is -0.366 e. The summed E-state index contributed by atoms with van der Waals surface area (Å²) in [6.07, 6.45) is 0. The van der Waals surface area contributed by atoms with E-state index in [1.54, 1.807) is 11.3 Å². The summed E-state index contributed by atoms with van der Waals surface area (Å²) in [6, 6.07) is 0. The molecule has 0 bridgehead atoms. The molecule has 16 heavy (non-hydrogen) atoms. The van der Waals surface area contributed by atoms with Gasteiger partial charge in [0, 0.05) is 18.5 Å². The predicted molar refractivity (Wildman–Crippen MR) is 68.6 cm³/mol. The molecule has 0 spiro atoms. The fourth-order valence-electron chi connectivity index (χ4n) is 2.31. The molecule has 0 N–H and O–H groups in total. The molecule has 1 aliphatic heterocycles. The lowest BCUT2D eigenvalue weighted by Crippen LogP contribution is -2.57. The highest BCUT2D eigenvalue weighted by Gasteiger charge is 2.38. The van der Waals surface area contributed by atoms with Crippen molar-refractivity contribution in [2.75, 3.05) is 18.0 Å². The van der Waals surface area contributed by atoms with E-state index < -0.39 is 0 Å². The lowest BCUT2D eigenvalue weighted by molar-refractivity contribution is -0.133. The van der Waals surface area contributed by atoms with Gasteiger partial charge in [-0.25, -0.2) is 4.98 Å². The Hall–Kier alpha value is -0.320. The van der Waals surface area contributed by atoms with Gasteiger partial charge in [0.05, 0.1) is 11.2 Å². The third-order valence-electron chi connectivity index (χ3n) is 2.43. The van der Waals surface area contributed by atoms with Gasteiger partial charge in [-0.1, -0.05) is 11.6 Å². The maximum absolute atomic E-state index is 6.02. The highest BCUT2D eigenvalue weighted by atomic mass is 35.5. The third-order valence-corrected chi connectivity index (χ3v) is 3.65. The summed E-state index contributed by atoms with van der Waals surface area (Å²) in [5.41, 5.74) is -0.306. The number of thiazole rings is 1. The van der Waals surface area contributed by atoms with Crippen molar-refractivity contribution in [1.29, 1.82) is 0 Å². The number of morpholine rings is 1. The molecule has 1 aromatic rings. The summed E-state index contributed by atoms with van der Waals surface area (Å²) in [5, 5.41) is 3.42. The van der Waals surface area contributed by atoms with Gasteiger partial charge in [-0.15, -0.1) is 11.3 Å². The van der Waals surface area contributed by atoms with Gasteiger partial charge in [-0.05, 0) is 27.7 Å². The quantitative estimate of drug-likeness (QED) is 0.776. The Morgan fingerprint density at radius 1 is 1.31 bits per heavy atom. The van der Waals surface area contributed by atoms with Gasteiger partial charge in [0.2, 0.25) is 0 Å². The van der Waals surface area contributed by atoms with Crippen LogP contribution in [0.25, 0.3) is 0 Å². The maximum atomic E-state index is 6.02. The number of hydrogen-bond donors (Lipinski definition) is 0. The summed E-state index contributed by atoms with van der Waals surface area (Å²) >= 11 is 7.45. The van der Waals surface area contributed by atoms with E-state index in [1.165, 1.54) is 0 Å². The second kappa shape index (κ2) is 3.86. The molecular weight excluding hydrogens is 244 g/mol. The van der Waals surface area contributed by atoms with Crippen molar-refractivity contribution < 1.29 is 4.74 Å². The standard InChI is InChI=1S/C11H17ClN2OS/c1-10(2)6-14(7-11(3,4)15-10)9-13-8(12)5-16-9/h5H,6-7H2,1-4H3. The van der Waals surface area contributed by atoms with Crippen molar-refractivity contribution in [3.05, 3.63) is 10.5 Å². The summed E-state index contributed by atoms with van der Waals surface area (Å²) < 4.78 is 6.02. The van der Waals surface area contributed by atoms with Crippen molar-refractivity contribution in [2.24, 2.45) is 0 Å². The number of aromatic nitrogens is 1. The Bertz CT molecular complexity index is 373. The minimum atomic E-state index is -0.153. The predicted octanol–water partition coefficient (Wildman–Crippen LogP) is 3.19. The van der Waals surface area contributed by atoms with Gasteiger partial charge in [-0.3, -0.25) is 0 Å². The van der Waals surface area contributed by atoms with Crippen molar-refractivity contribution >= 4 is 28.1 Å². The van der Waals surface area contributed by atoms with E-state index in [0.29, 0.717) is 5.15 Å². The van der Waals surface area contributed by atoms with Crippen LogP contribution >= 0.6 is 22.9 Å². The molecule has 0 amide bonds. The molecule has 1 aromatic heterocycles. The zero-order valence-corrected chi connectivity index (χ0v) is 11.7. The Labute approximate surface area is 105 Å². The number of halogens is 1. The van der Waals surface area contributed by atoms with Crippen LogP contribution in [0.2, 0.25) is 5.15 Å². The summed E-state index contributed by atoms with van der Waals surface area (Å²) in [4.78, 5) is 6.57.